The lowest BCUT2D eigenvalue weighted by Crippen LogP contribution is -2.32. The minimum Gasteiger partial charge on any atom is -0.508 e. The van der Waals surface area contributed by atoms with E-state index in [2.05, 4.69) is 0 Å². The summed E-state index contributed by atoms with van der Waals surface area (Å²) in [7, 11) is 0. The molecule has 13 heavy (non-hydrogen) atoms. The molecule has 0 unspecified atom stereocenters. The van der Waals surface area contributed by atoms with Gasteiger partial charge >= 0.3 is 5.97 Å². The highest BCUT2D eigenvalue weighted by molar-refractivity contribution is 5.73. The summed E-state index contributed by atoms with van der Waals surface area (Å²) in [5.74, 6) is -0.860. The molecular weight excluding hydrogens is 172 g/mol. The van der Waals surface area contributed by atoms with E-state index in [9.17, 15) is 4.79 Å². The molecule has 1 aromatic rings. The van der Waals surface area contributed by atoms with Crippen LogP contribution in [0.25, 0.3) is 0 Å². The molecule has 0 spiro atoms. The van der Waals surface area contributed by atoms with Crippen molar-refractivity contribution in [3.8, 4) is 5.75 Å². The number of carboxylic acids is 1. The molecule has 4 nitrogen and oxygen atoms in total. The predicted octanol–water partition coefficient (Wildman–Crippen LogP) is 0.347. The van der Waals surface area contributed by atoms with Gasteiger partial charge in [-0.25, -0.2) is 0 Å². The van der Waals surface area contributed by atoms with Gasteiger partial charge in [0.1, 0.15) is 11.8 Å². The van der Waals surface area contributed by atoms with Crippen molar-refractivity contribution in [3.63, 3.8) is 0 Å². The van der Waals surface area contributed by atoms with Gasteiger partial charge in [-0.15, -0.1) is 0 Å². The van der Waals surface area contributed by atoms with Crippen molar-refractivity contribution in [3.05, 3.63) is 29.8 Å². The molecule has 4 heteroatoms. The van der Waals surface area contributed by atoms with Crippen molar-refractivity contribution < 1.29 is 15.0 Å². The second-order valence-electron chi connectivity index (χ2n) is 2.82. The van der Waals surface area contributed by atoms with Crippen molar-refractivity contribution in [2.75, 3.05) is 0 Å². The molecule has 0 aliphatic rings. The number of carbonyl (C=O) groups is 1. The minimum atomic E-state index is -1.02. The molecule has 0 saturated carbocycles. The first-order chi connectivity index (χ1) is 6.09. The van der Waals surface area contributed by atoms with E-state index in [1.807, 2.05) is 0 Å². The van der Waals surface area contributed by atoms with Gasteiger partial charge in [0.25, 0.3) is 0 Å². The van der Waals surface area contributed by atoms with Crippen LogP contribution in [0.1, 0.15) is 5.56 Å². The number of aliphatic carboxylic acids is 1. The molecule has 0 amide bonds. The number of hydrogen-bond donors (Lipinski definition) is 3. The normalized spacial score (nSPS) is 12.4. The van der Waals surface area contributed by atoms with E-state index in [0.29, 0.717) is 0 Å². The zero-order valence-corrected chi connectivity index (χ0v) is 6.97. The summed E-state index contributed by atoms with van der Waals surface area (Å²) in [5, 5.41) is 17.5. The Bertz CT molecular complexity index is 294. The van der Waals surface area contributed by atoms with Crippen LogP contribution in [0.4, 0.5) is 0 Å². The molecular formula is C9H11NO3. The van der Waals surface area contributed by atoms with Crippen LogP contribution in [0.15, 0.2) is 24.3 Å². The van der Waals surface area contributed by atoms with Crippen LogP contribution in [0.3, 0.4) is 0 Å². The number of phenols is 1. The van der Waals surface area contributed by atoms with E-state index in [-0.39, 0.29) is 12.2 Å². The molecule has 0 fully saturated rings. The number of rotatable bonds is 3. The second kappa shape index (κ2) is 3.91. The Morgan fingerprint density at radius 2 is 1.92 bits per heavy atom. The topological polar surface area (TPSA) is 83.5 Å². The van der Waals surface area contributed by atoms with Crippen LogP contribution >= 0.6 is 0 Å². The maximum atomic E-state index is 10.4. The van der Waals surface area contributed by atoms with E-state index < -0.39 is 12.0 Å². The van der Waals surface area contributed by atoms with Crippen molar-refractivity contribution >= 4 is 5.97 Å². The summed E-state index contributed by atoms with van der Waals surface area (Å²) < 4.78 is 0. The summed E-state index contributed by atoms with van der Waals surface area (Å²) in [6.45, 7) is 0. The lowest BCUT2D eigenvalue weighted by atomic mass is 10.2. The number of hydrogen-bond acceptors (Lipinski definition) is 3. The average Bonchev–Trinajstić information content (AvgIpc) is 2.08. The number of phenolic OH excluding ortho intramolecular Hbond substituents is 1. The average molecular weight is 183 g/mol. The van der Waals surface area contributed by atoms with Crippen LogP contribution in [0.2, 0.25) is 0 Å². The van der Waals surface area contributed by atoms with Crippen LogP contribution in [0.5, 0.6) is 5.75 Å². The van der Waals surface area contributed by atoms with Crippen LogP contribution < -0.4 is 5.73 Å². The third kappa shape index (κ3) is 2.76. The third-order valence-corrected chi connectivity index (χ3v) is 1.71. The van der Waals surface area contributed by atoms with Gasteiger partial charge in [-0.05, 0) is 24.1 Å². The molecule has 70 valence electrons. The Morgan fingerprint density at radius 3 is 2.38 bits per heavy atom. The van der Waals surface area contributed by atoms with Gasteiger partial charge in [-0.3, -0.25) is 4.79 Å². The molecule has 1 rings (SSSR count). The minimum absolute atomic E-state index is 0.160. The highest BCUT2D eigenvalue weighted by Gasteiger charge is 2.11. The number of benzene rings is 1. The Labute approximate surface area is 75.6 Å². The molecule has 0 radical (unpaired) electrons. The quantitative estimate of drug-likeness (QED) is 0.631. The summed E-state index contributed by atoms with van der Waals surface area (Å²) in [5.41, 5.74) is 6.12. The molecule has 0 aliphatic carbocycles. The fourth-order valence-corrected chi connectivity index (χ4v) is 0.973. The smallest absolute Gasteiger partial charge is 0.320 e. The standard InChI is InChI=1S/C9H11NO3/c10-8(9(12)13)5-6-1-3-7(11)4-2-6/h1-4,8,11H,5,10H2,(H,12,13)/t8-/m0/s1/i8+2. The second-order valence-corrected chi connectivity index (χ2v) is 2.82. The number of aromatic hydroxyl groups is 1. The number of nitrogens with two attached hydrogens (primary N) is 1. The summed E-state index contributed by atoms with van der Waals surface area (Å²) in [4.78, 5) is 10.4. The van der Waals surface area contributed by atoms with E-state index in [1.165, 1.54) is 12.1 Å². The molecule has 0 aliphatic heterocycles. The fraction of sp³-hybridized carbons (Fsp3) is 0.222. The fourth-order valence-electron chi connectivity index (χ4n) is 0.973. The Morgan fingerprint density at radius 1 is 1.38 bits per heavy atom. The van der Waals surface area contributed by atoms with E-state index in [4.69, 9.17) is 15.9 Å². The number of carboxylic acid groups (broad SMARTS) is 1. The third-order valence-electron chi connectivity index (χ3n) is 1.71. The van der Waals surface area contributed by atoms with Gasteiger partial charge in [0.05, 0.1) is 0 Å². The molecule has 0 aromatic heterocycles. The van der Waals surface area contributed by atoms with E-state index in [0.717, 1.165) is 5.56 Å². The Kier molecular flexibility index (Phi) is 2.87. The maximum absolute atomic E-state index is 10.4. The first kappa shape index (κ1) is 9.54. The van der Waals surface area contributed by atoms with Gasteiger partial charge in [0.15, 0.2) is 0 Å². The van der Waals surface area contributed by atoms with Crippen LogP contribution in [-0.4, -0.2) is 22.2 Å². The predicted molar refractivity (Wildman–Crippen MR) is 47.4 cm³/mol. The summed E-state index contributed by atoms with van der Waals surface area (Å²) >= 11 is 0. The Balaban J connectivity index is 2.64. The molecule has 0 saturated heterocycles. The first-order valence-corrected chi connectivity index (χ1v) is 3.86. The summed E-state index contributed by atoms with van der Waals surface area (Å²) in [6, 6.07) is 5.42. The van der Waals surface area contributed by atoms with Gasteiger partial charge in [0, 0.05) is 0 Å². The zero-order chi connectivity index (χ0) is 9.84. The van der Waals surface area contributed by atoms with Gasteiger partial charge in [-0.1, -0.05) is 12.1 Å². The SMILES string of the molecule is N[14C@@H](Cc1ccc(O)cc1)C(=O)O. The van der Waals surface area contributed by atoms with Gasteiger partial charge in [0.2, 0.25) is 0 Å². The maximum Gasteiger partial charge on any atom is 0.320 e. The van der Waals surface area contributed by atoms with E-state index >= 15 is 0 Å². The van der Waals surface area contributed by atoms with Crippen LogP contribution in [-0.2, 0) is 11.2 Å². The Hall–Kier alpha value is -1.55. The van der Waals surface area contributed by atoms with Gasteiger partial charge in [-0.2, -0.15) is 0 Å². The largest absolute Gasteiger partial charge is 0.508 e. The zero-order valence-electron chi connectivity index (χ0n) is 6.97. The molecule has 1 aromatic carbocycles. The molecule has 4 N–H and O–H groups in total. The van der Waals surface area contributed by atoms with Crippen LogP contribution in [0, 0.1) is 0 Å². The van der Waals surface area contributed by atoms with Crippen molar-refractivity contribution in [2.45, 2.75) is 12.5 Å². The van der Waals surface area contributed by atoms with Crippen molar-refractivity contribution in [2.24, 2.45) is 5.73 Å². The first-order valence-electron chi connectivity index (χ1n) is 3.86. The highest BCUT2D eigenvalue weighted by Crippen LogP contribution is 2.10. The van der Waals surface area contributed by atoms with Crippen molar-refractivity contribution in [1.82, 2.24) is 0 Å². The molecule has 0 heterocycles. The highest BCUT2D eigenvalue weighted by atomic mass is 16.4. The summed E-state index contributed by atoms with van der Waals surface area (Å²) in [6.07, 6.45) is 0.273. The lowest BCUT2D eigenvalue weighted by Gasteiger charge is -2.05. The monoisotopic (exact) mass is 183 g/mol. The van der Waals surface area contributed by atoms with E-state index in [1.54, 1.807) is 12.1 Å². The lowest BCUT2D eigenvalue weighted by molar-refractivity contribution is -0.138. The molecule has 1 atom stereocenters. The van der Waals surface area contributed by atoms with Crippen molar-refractivity contribution in [1.29, 1.82) is 0 Å². The molecule has 0 bridgehead atoms. The van der Waals surface area contributed by atoms with Gasteiger partial charge < -0.3 is 15.9 Å².